The van der Waals surface area contributed by atoms with Crippen LogP contribution in [0.5, 0.6) is 0 Å². The molecule has 0 bridgehead atoms. The molecule has 2 aliphatic carbocycles. The van der Waals surface area contributed by atoms with Crippen molar-refractivity contribution in [2.24, 2.45) is 10.9 Å². The van der Waals surface area contributed by atoms with Gasteiger partial charge in [-0.25, -0.2) is 0 Å². The Balaban J connectivity index is 1.74. The molecule has 0 spiro atoms. The van der Waals surface area contributed by atoms with Crippen molar-refractivity contribution in [2.45, 2.75) is 30.5 Å². The van der Waals surface area contributed by atoms with Gasteiger partial charge in [-0.15, -0.1) is 0 Å². The summed E-state index contributed by atoms with van der Waals surface area (Å²) in [7, 11) is 0. The first kappa shape index (κ1) is 17.4. The van der Waals surface area contributed by atoms with Crippen molar-refractivity contribution < 1.29 is 0 Å². The number of rotatable bonds is 3. The Kier molecular flexibility index (Phi) is 4.90. The number of aliphatic imine (C=N–C) groups is 1. The van der Waals surface area contributed by atoms with Crippen molar-refractivity contribution >= 4 is 27.7 Å². The third-order valence-electron chi connectivity index (χ3n) is 5.09. The van der Waals surface area contributed by atoms with Crippen LogP contribution in [0.2, 0.25) is 0 Å². The number of pyridine rings is 1. The first-order chi connectivity index (χ1) is 12.6. The molecular weight excluding hydrogens is 384 g/mol. The van der Waals surface area contributed by atoms with Gasteiger partial charge >= 0.3 is 0 Å². The zero-order valence-electron chi connectivity index (χ0n) is 15.0. The fourth-order valence-corrected chi connectivity index (χ4v) is 4.19. The van der Waals surface area contributed by atoms with Crippen LogP contribution in [-0.2, 0) is 0 Å². The van der Waals surface area contributed by atoms with E-state index in [0.717, 1.165) is 25.8 Å². The summed E-state index contributed by atoms with van der Waals surface area (Å²) < 4.78 is 0.0363. The standard InChI is InChI=1S/C23H23BrN2/c1-23(24)8-2-5-17(14-23)20-11-21(18-6-3-9-25-15-18)13-22(12-20)19-7-4-10-26-16-19/h2-3,5-7,9,11,13-16,22H,4,8,10,12H2,1H3/t22?,23-/m0/s1. The normalized spacial score (nSPS) is 28.2. The number of aromatic nitrogens is 1. The van der Waals surface area contributed by atoms with E-state index in [-0.39, 0.29) is 4.32 Å². The van der Waals surface area contributed by atoms with Crippen LogP contribution in [0.1, 0.15) is 31.7 Å². The zero-order chi connectivity index (χ0) is 18.0. The maximum absolute atomic E-state index is 4.50. The maximum atomic E-state index is 4.50. The molecule has 0 amide bonds. The van der Waals surface area contributed by atoms with Crippen LogP contribution in [0.3, 0.4) is 0 Å². The summed E-state index contributed by atoms with van der Waals surface area (Å²) >= 11 is 3.84. The highest BCUT2D eigenvalue weighted by molar-refractivity contribution is 9.10. The van der Waals surface area contributed by atoms with E-state index in [1.807, 2.05) is 18.5 Å². The Morgan fingerprint density at radius 1 is 1.27 bits per heavy atom. The molecular formula is C23H23BrN2. The monoisotopic (exact) mass is 406 g/mol. The molecule has 0 saturated heterocycles. The lowest BCUT2D eigenvalue weighted by Gasteiger charge is -2.28. The highest BCUT2D eigenvalue weighted by Gasteiger charge is 2.25. The Morgan fingerprint density at radius 2 is 2.19 bits per heavy atom. The number of halogens is 1. The Bertz CT molecular complexity index is 867. The molecule has 2 nitrogen and oxygen atoms in total. The van der Waals surface area contributed by atoms with Crippen LogP contribution in [0.4, 0.5) is 0 Å². The lowest BCUT2D eigenvalue weighted by molar-refractivity contribution is 0.751. The van der Waals surface area contributed by atoms with E-state index in [1.165, 1.54) is 27.9 Å². The largest absolute Gasteiger partial charge is 0.293 e. The van der Waals surface area contributed by atoms with E-state index in [1.54, 1.807) is 0 Å². The molecule has 2 heterocycles. The molecule has 3 heteroatoms. The minimum atomic E-state index is 0.0363. The van der Waals surface area contributed by atoms with Crippen molar-refractivity contribution in [3.8, 4) is 0 Å². The summed E-state index contributed by atoms with van der Waals surface area (Å²) in [5.74, 6) is 0.368. The minimum Gasteiger partial charge on any atom is -0.293 e. The maximum Gasteiger partial charge on any atom is 0.0451 e. The van der Waals surface area contributed by atoms with Crippen LogP contribution in [0.25, 0.3) is 5.57 Å². The second-order valence-electron chi connectivity index (χ2n) is 7.36. The molecule has 132 valence electrons. The molecule has 0 aromatic carbocycles. The van der Waals surface area contributed by atoms with Gasteiger partial charge in [-0.1, -0.05) is 58.5 Å². The smallest absolute Gasteiger partial charge is 0.0451 e. The second-order valence-corrected chi connectivity index (χ2v) is 9.17. The van der Waals surface area contributed by atoms with Gasteiger partial charge in [-0.05, 0) is 60.1 Å². The van der Waals surface area contributed by atoms with Crippen molar-refractivity contribution in [3.63, 3.8) is 0 Å². The highest BCUT2D eigenvalue weighted by Crippen LogP contribution is 2.39. The number of nitrogens with zero attached hydrogens (tertiary/aromatic N) is 2. The van der Waals surface area contributed by atoms with Crippen molar-refractivity contribution in [3.05, 3.63) is 83.3 Å². The summed E-state index contributed by atoms with van der Waals surface area (Å²) in [5.41, 5.74) is 6.47. The quantitative estimate of drug-likeness (QED) is 0.577. The molecule has 1 unspecified atom stereocenters. The number of alkyl halides is 1. The van der Waals surface area contributed by atoms with Crippen molar-refractivity contribution in [1.29, 1.82) is 0 Å². The van der Waals surface area contributed by atoms with Crippen molar-refractivity contribution in [2.75, 3.05) is 6.54 Å². The Morgan fingerprint density at radius 3 is 2.92 bits per heavy atom. The third-order valence-corrected chi connectivity index (χ3v) is 5.65. The molecule has 0 fully saturated rings. The highest BCUT2D eigenvalue weighted by atomic mass is 79.9. The molecule has 26 heavy (non-hydrogen) atoms. The fourth-order valence-electron chi connectivity index (χ4n) is 3.76. The van der Waals surface area contributed by atoms with Crippen LogP contribution >= 0.6 is 15.9 Å². The van der Waals surface area contributed by atoms with E-state index < -0.39 is 0 Å². The summed E-state index contributed by atoms with van der Waals surface area (Å²) in [5, 5.41) is 0. The lowest BCUT2D eigenvalue weighted by Crippen LogP contribution is -2.17. The average molecular weight is 407 g/mol. The summed E-state index contributed by atoms with van der Waals surface area (Å²) in [4.78, 5) is 8.81. The molecule has 0 N–H and O–H groups in total. The number of hydrogen-bond donors (Lipinski definition) is 0. The van der Waals surface area contributed by atoms with Gasteiger partial charge in [-0.2, -0.15) is 0 Å². The van der Waals surface area contributed by atoms with Gasteiger partial charge < -0.3 is 0 Å². The van der Waals surface area contributed by atoms with Gasteiger partial charge in [0.15, 0.2) is 0 Å². The van der Waals surface area contributed by atoms with Crippen LogP contribution in [-0.4, -0.2) is 22.1 Å². The van der Waals surface area contributed by atoms with Crippen LogP contribution in [0.15, 0.2) is 82.7 Å². The topological polar surface area (TPSA) is 25.2 Å². The van der Waals surface area contributed by atoms with E-state index in [0.29, 0.717) is 5.92 Å². The number of allylic oxidation sites excluding steroid dienone is 9. The number of hydrogen-bond acceptors (Lipinski definition) is 2. The molecule has 4 rings (SSSR count). The SMILES string of the molecule is C[C@@]1(Br)C=C(C2=CC(c3cccnc3)=CC(C3=CCCN=C3)C2)C=CC1. The predicted octanol–water partition coefficient (Wildman–Crippen LogP) is 5.85. The summed E-state index contributed by atoms with van der Waals surface area (Å²) in [6.45, 7) is 3.14. The van der Waals surface area contributed by atoms with E-state index in [9.17, 15) is 0 Å². The molecule has 1 aliphatic heterocycles. The predicted molar refractivity (Wildman–Crippen MR) is 114 cm³/mol. The molecule has 0 radical (unpaired) electrons. The Hall–Kier alpha value is -2.00. The zero-order valence-corrected chi connectivity index (χ0v) is 16.6. The van der Waals surface area contributed by atoms with Gasteiger partial charge in [0.05, 0.1) is 0 Å². The minimum absolute atomic E-state index is 0.0363. The lowest BCUT2D eigenvalue weighted by atomic mass is 9.79. The van der Waals surface area contributed by atoms with E-state index >= 15 is 0 Å². The molecule has 0 saturated carbocycles. The third kappa shape index (κ3) is 3.88. The molecule has 1 aromatic heterocycles. The summed E-state index contributed by atoms with van der Waals surface area (Å²) in [6, 6.07) is 4.14. The van der Waals surface area contributed by atoms with Crippen LogP contribution < -0.4 is 0 Å². The molecule has 1 aromatic rings. The van der Waals surface area contributed by atoms with Gasteiger partial charge in [-0.3, -0.25) is 9.98 Å². The molecule has 3 aliphatic rings. The fraction of sp³-hybridized carbons (Fsp3) is 0.304. The number of dihydropyridines is 1. The average Bonchev–Trinajstić information content (AvgIpc) is 2.68. The van der Waals surface area contributed by atoms with Crippen molar-refractivity contribution in [1.82, 2.24) is 4.98 Å². The van der Waals surface area contributed by atoms with Gasteiger partial charge in [0, 0.05) is 35.4 Å². The first-order valence-corrected chi connectivity index (χ1v) is 10.0. The molecule has 2 atom stereocenters. The second kappa shape index (κ2) is 7.32. The van der Waals surface area contributed by atoms with Gasteiger partial charge in [0.25, 0.3) is 0 Å². The van der Waals surface area contributed by atoms with E-state index in [2.05, 4.69) is 81.6 Å². The van der Waals surface area contributed by atoms with Gasteiger partial charge in [0.1, 0.15) is 0 Å². The van der Waals surface area contributed by atoms with Gasteiger partial charge in [0.2, 0.25) is 0 Å². The van der Waals surface area contributed by atoms with Crippen LogP contribution in [0, 0.1) is 5.92 Å². The summed E-state index contributed by atoms with van der Waals surface area (Å²) in [6.07, 6.45) is 22.9. The Labute approximate surface area is 164 Å². The van der Waals surface area contributed by atoms with E-state index in [4.69, 9.17) is 0 Å². The first-order valence-electron chi connectivity index (χ1n) is 9.22.